The van der Waals surface area contributed by atoms with Crippen LogP contribution in [0.2, 0.25) is 0 Å². The first-order chi connectivity index (χ1) is 27.2. The molecular formula is C51H29N3O. The highest BCUT2D eigenvalue weighted by Crippen LogP contribution is 2.41. The van der Waals surface area contributed by atoms with E-state index in [0.29, 0.717) is 0 Å². The van der Waals surface area contributed by atoms with E-state index in [-0.39, 0.29) is 0 Å². The zero-order valence-corrected chi connectivity index (χ0v) is 29.5. The summed E-state index contributed by atoms with van der Waals surface area (Å²) in [6.07, 6.45) is 3.73. The van der Waals surface area contributed by atoms with Crippen molar-refractivity contribution in [3.8, 4) is 33.5 Å². The summed E-state index contributed by atoms with van der Waals surface area (Å²) in [6.45, 7) is 0. The lowest BCUT2D eigenvalue weighted by Gasteiger charge is -2.12. The van der Waals surface area contributed by atoms with Crippen LogP contribution in [0.1, 0.15) is 0 Å². The van der Waals surface area contributed by atoms with E-state index >= 15 is 0 Å². The van der Waals surface area contributed by atoms with E-state index in [9.17, 15) is 0 Å². The van der Waals surface area contributed by atoms with E-state index in [1.165, 1.54) is 27.1 Å². The van der Waals surface area contributed by atoms with Crippen molar-refractivity contribution >= 4 is 87.0 Å². The standard InChI is InChI=1S/C51H29N3O/c1-3-9-45-42(8-1)47-43(24-23-41-39-7-2-4-10-46(39)55-51(41)47)48(54-45)33-15-11-30(12-16-33)34-17-13-31-14-18-35-28-36(20-21-37(35)44(31)29-34)38-25-27-53-50-40(38)22-19-32-6-5-26-52-49(32)50/h1-29H. The Labute approximate surface area is 315 Å². The van der Waals surface area contributed by atoms with E-state index in [2.05, 4.69) is 151 Å². The van der Waals surface area contributed by atoms with Crippen molar-refractivity contribution in [2.75, 3.05) is 0 Å². The first kappa shape index (κ1) is 30.1. The maximum atomic E-state index is 6.53. The molecule has 12 rings (SSSR count). The number of fused-ring (bicyclic) bond motifs is 13. The van der Waals surface area contributed by atoms with Crippen LogP contribution in [0, 0.1) is 0 Å². The normalized spacial score (nSPS) is 12.0. The van der Waals surface area contributed by atoms with Crippen LogP contribution < -0.4 is 0 Å². The van der Waals surface area contributed by atoms with Crippen molar-refractivity contribution in [1.82, 2.24) is 15.0 Å². The first-order valence-corrected chi connectivity index (χ1v) is 18.6. The zero-order chi connectivity index (χ0) is 36.0. The lowest BCUT2D eigenvalue weighted by molar-refractivity contribution is 0.673. The van der Waals surface area contributed by atoms with Gasteiger partial charge in [0.25, 0.3) is 0 Å². The van der Waals surface area contributed by atoms with Crippen LogP contribution in [0.15, 0.2) is 181 Å². The Morgan fingerprint density at radius 3 is 2.04 bits per heavy atom. The lowest BCUT2D eigenvalue weighted by atomic mass is 9.93. The molecule has 254 valence electrons. The SMILES string of the molecule is c1cnc2c(c1)ccc1c(-c3ccc4c(ccc5ccc(-c6ccc(-c7nc8ccccc8c8c7ccc7c9ccccc9oc78)cc6)cc54)c3)ccnc12. The molecule has 4 aromatic heterocycles. The molecule has 4 nitrogen and oxygen atoms in total. The lowest BCUT2D eigenvalue weighted by Crippen LogP contribution is -1.90. The minimum atomic E-state index is 0.898. The van der Waals surface area contributed by atoms with Crippen LogP contribution in [0.3, 0.4) is 0 Å². The topological polar surface area (TPSA) is 51.8 Å². The molecule has 0 unspecified atom stereocenters. The highest BCUT2D eigenvalue weighted by Gasteiger charge is 2.17. The molecule has 4 heteroatoms. The van der Waals surface area contributed by atoms with Gasteiger partial charge in [-0.25, -0.2) is 4.98 Å². The first-order valence-electron chi connectivity index (χ1n) is 18.6. The van der Waals surface area contributed by atoms with Gasteiger partial charge in [0.1, 0.15) is 11.2 Å². The second kappa shape index (κ2) is 11.5. The summed E-state index contributed by atoms with van der Waals surface area (Å²) >= 11 is 0. The molecule has 8 aromatic carbocycles. The summed E-state index contributed by atoms with van der Waals surface area (Å²) in [7, 11) is 0. The number of hydrogen-bond donors (Lipinski definition) is 0. The Morgan fingerprint density at radius 1 is 0.382 bits per heavy atom. The van der Waals surface area contributed by atoms with Gasteiger partial charge in [-0.3, -0.25) is 9.97 Å². The largest absolute Gasteiger partial charge is 0.455 e. The average molecular weight is 700 g/mol. The van der Waals surface area contributed by atoms with Crippen LogP contribution in [-0.2, 0) is 0 Å². The van der Waals surface area contributed by atoms with Gasteiger partial charge in [0.2, 0.25) is 0 Å². The third-order valence-corrected chi connectivity index (χ3v) is 11.3. The molecule has 0 fully saturated rings. The predicted octanol–water partition coefficient (Wildman–Crippen LogP) is 13.7. The average Bonchev–Trinajstić information content (AvgIpc) is 3.64. The van der Waals surface area contributed by atoms with E-state index in [1.807, 2.05) is 30.6 Å². The fraction of sp³-hybridized carbons (Fsp3) is 0. The van der Waals surface area contributed by atoms with Crippen molar-refractivity contribution in [2.45, 2.75) is 0 Å². The Morgan fingerprint density at radius 2 is 1.09 bits per heavy atom. The third kappa shape index (κ3) is 4.55. The van der Waals surface area contributed by atoms with Gasteiger partial charge >= 0.3 is 0 Å². The Kier molecular flexibility index (Phi) is 6.31. The number of rotatable bonds is 3. The summed E-state index contributed by atoms with van der Waals surface area (Å²) in [5.74, 6) is 0. The number of furan rings is 1. The van der Waals surface area contributed by atoms with Crippen LogP contribution in [0.25, 0.3) is 120 Å². The molecule has 0 aliphatic heterocycles. The van der Waals surface area contributed by atoms with Crippen molar-refractivity contribution in [2.24, 2.45) is 0 Å². The van der Waals surface area contributed by atoms with Crippen molar-refractivity contribution < 1.29 is 4.42 Å². The maximum Gasteiger partial charge on any atom is 0.144 e. The summed E-state index contributed by atoms with van der Waals surface area (Å²) in [6, 6.07) is 58.4. The molecule has 55 heavy (non-hydrogen) atoms. The molecule has 0 bridgehead atoms. The number of hydrogen-bond acceptors (Lipinski definition) is 4. The second-order valence-electron chi connectivity index (χ2n) is 14.4. The van der Waals surface area contributed by atoms with Crippen molar-refractivity contribution in [3.63, 3.8) is 0 Å². The summed E-state index contributed by atoms with van der Waals surface area (Å²) in [5.41, 5.74) is 11.3. The molecule has 0 spiro atoms. The molecule has 0 aliphatic carbocycles. The molecule has 0 N–H and O–H groups in total. The third-order valence-electron chi connectivity index (χ3n) is 11.3. The molecule has 12 aromatic rings. The van der Waals surface area contributed by atoms with Gasteiger partial charge in [-0.1, -0.05) is 121 Å². The Hall–Kier alpha value is -7.43. The Bertz CT molecular complexity index is 3550. The van der Waals surface area contributed by atoms with E-state index < -0.39 is 0 Å². The minimum Gasteiger partial charge on any atom is -0.455 e. The fourth-order valence-electron chi connectivity index (χ4n) is 8.67. The highest BCUT2D eigenvalue weighted by molar-refractivity contribution is 6.24. The van der Waals surface area contributed by atoms with Gasteiger partial charge in [0.05, 0.1) is 22.2 Å². The number of nitrogens with zero attached hydrogens (tertiary/aromatic N) is 3. The minimum absolute atomic E-state index is 0.898. The molecule has 0 saturated heterocycles. The number of benzene rings is 8. The molecule has 0 atom stereocenters. The molecule has 0 aliphatic rings. The maximum absolute atomic E-state index is 6.53. The number of para-hydroxylation sites is 2. The summed E-state index contributed by atoms with van der Waals surface area (Å²) in [4.78, 5) is 14.6. The van der Waals surface area contributed by atoms with Crippen LogP contribution >= 0.6 is 0 Å². The quantitative estimate of drug-likeness (QED) is 0.172. The number of pyridine rings is 3. The van der Waals surface area contributed by atoms with Crippen LogP contribution in [0.5, 0.6) is 0 Å². The molecule has 4 heterocycles. The smallest absolute Gasteiger partial charge is 0.144 e. The van der Waals surface area contributed by atoms with Crippen LogP contribution in [-0.4, -0.2) is 15.0 Å². The van der Waals surface area contributed by atoms with Gasteiger partial charge in [0, 0.05) is 55.7 Å². The fourth-order valence-corrected chi connectivity index (χ4v) is 8.67. The van der Waals surface area contributed by atoms with E-state index in [0.717, 1.165) is 93.4 Å². The van der Waals surface area contributed by atoms with E-state index in [1.54, 1.807) is 0 Å². The monoisotopic (exact) mass is 699 g/mol. The number of aromatic nitrogens is 3. The molecule has 0 saturated carbocycles. The summed E-state index contributed by atoms with van der Waals surface area (Å²) < 4.78 is 6.53. The molecule has 0 amide bonds. The zero-order valence-electron chi connectivity index (χ0n) is 29.5. The highest BCUT2D eigenvalue weighted by atomic mass is 16.3. The molecular weight excluding hydrogens is 671 g/mol. The van der Waals surface area contributed by atoms with E-state index in [4.69, 9.17) is 14.4 Å². The predicted molar refractivity (Wildman–Crippen MR) is 228 cm³/mol. The van der Waals surface area contributed by atoms with Gasteiger partial charge in [0.15, 0.2) is 0 Å². The van der Waals surface area contributed by atoms with Gasteiger partial charge in [-0.2, -0.15) is 0 Å². The van der Waals surface area contributed by atoms with Gasteiger partial charge in [-0.05, 0) is 86.3 Å². The van der Waals surface area contributed by atoms with Crippen molar-refractivity contribution in [3.05, 3.63) is 176 Å². The van der Waals surface area contributed by atoms with Crippen LogP contribution in [0.4, 0.5) is 0 Å². The Balaban J connectivity index is 0.952. The summed E-state index contributed by atoms with van der Waals surface area (Å²) in [5, 5.41) is 12.6. The second-order valence-corrected chi connectivity index (χ2v) is 14.4. The van der Waals surface area contributed by atoms with Crippen molar-refractivity contribution in [1.29, 1.82) is 0 Å². The van der Waals surface area contributed by atoms with Gasteiger partial charge in [-0.15, -0.1) is 0 Å². The van der Waals surface area contributed by atoms with Gasteiger partial charge < -0.3 is 4.42 Å². The molecule has 0 radical (unpaired) electrons.